The van der Waals surface area contributed by atoms with Crippen LogP contribution in [0.5, 0.6) is 0 Å². The summed E-state index contributed by atoms with van der Waals surface area (Å²) in [5, 5.41) is 21.5. The van der Waals surface area contributed by atoms with Crippen LogP contribution in [-0.2, 0) is 0 Å². The van der Waals surface area contributed by atoms with Crippen LogP contribution in [0.1, 0.15) is 0 Å². The van der Waals surface area contributed by atoms with E-state index in [9.17, 15) is 10.0 Å². The lowest BCUT2D eigenvalue weighted by atomic mass is 9.79. The van der Waals surface area contributed by atoms with Gasteiger partial charge in [0.15, 0.2) is 5.82 Å². The smallest absolute Gasteiger partial charge is 0.423 e. The quantitative estimate of drug-likeness (QED) is 0.346. The average Bonchev–Trinajstić information content (AvgIpc) is 2.97. The molecule has 0 amide bonds. The monoisotopic (exact) mass is 480 g/mol. The van der Waals surface area contributed by atoms with Gasteiger partial charge in [-0.05, 0) is 46.2 Å². The highest BCUT2D eigenvalue weighted by molar-refractivity contribution is 6.58. The minimum absolute atomic E-state index is 0.390. The molecule has 37 heavy (non-hydrogen) atoms. The van der Waals surface area contributed by atoms with Crippen molar-refractivity contribution in [1.82, 2.24) is 19.9 Å². The number of hydrogen-bond donors (Lipinski definition) is 2. The van der Waals surface area contributed by atoms with Crippen LogP contribution < -0.4 is 5.46 Å². The fourth-order valence-electron chi connectivity index (χ4n) is 4.31. The van der Waals surface area contributed by atoms with Gasteiger partial charge in [-0.15, -0.1) is 0 Å². The van der Waals surface area contributed by atoms with Crippen molar-refractivity contribution in [1.29, 1.82) is 0 Å². The van der Waals surface area contributed by atoms with E-state index < -0.39 is 7.12 Å². The molecule has 0 saturated heterocycles. The molecule has 6 rings (SSSR count). The molecule has 176 valence electrons. The Labute approximate surface area is 214 Å². The van der Waals surface area contributed by atoms with E-state index in [1.807, 2.05) is 91.3 Å². The van der Waals surface area contributed by atoms with Crippen molar-refractivity contribution in [2.24, 2.45) is 0 Å². The number of nitrogens with zero attached hydrogens (tertiary/aromatic N) is 4. The zero-order chi connectivity index (χ0) is 25.2. The van der Waals surface area contributed by atoms with E-state index in [1.165, 1.54) is 0 Å². The molecular formula is C30H21BN4O2. The summed E-state index contributed by atoms with van der Waals surface area (Å²) in [5.41, 5.74) is 6.06. The Morgan fingerprint density at radius 1 is 0.541 bits per heavy atom. The van der Waals surface area contributed by atoms with Gasteiger partial charge in [-0.3, -0.25) is 9.97 Å². The van der Waals surface area contributed by atoms with Crippen molar-refractivity contribution < 1.29 is 10.0 Å². The Balaban J connectivity index is 1.53. The van der Waals surface area contributed by atoms with Crippen LogP contribution in [0.25, 0.3) is 55.9 Å². The molecule has 6 aromatic rings. The van der Waals surface area contributed by atoms with Gasteiger partial charge < -0.3 is 10.0 Å². The van der Waals surface area contributed by atoms with Crippen LogP contribution in [0.3, 0.4) is 0 Å². The molecule has 0 unspecified atom stereocenters. The van der Waals surface area contributed by atoms with Crippen molar-refractivity contribution in [3.05, 3.63) is 116 Å². The minimum Gasteiger partial charge on any atom is -0.423 e. The fraction of sp³-hybridized carbons (Fsp3) is 0. The number of rotatable bonds is 5. The Bertz CT molecular complexity index is 1720. The summed E-state index contributed by atoms with van der Waals surface area (Å²) < 4.78 is 0. The molecule has 0 atom stereocenters. The first-order valence-electron chi connectivity index (χ1n) is 11.9. The van der Waals surface area contributed by atoms with Gasteiger partial charge in [-0.1, -0.05) is 72.8 Å². The first-order chi connectivity index (χ1) is 18.1. The van der Waals surface area contributed by atoms with E-state index >= 15 is 0 Å². The van der Waals surface area contributed by atoms with E-state index in [-0.39, 0.29) is 0 Å². The normalized spacial score (nSPS) is 11.0. The molecule has 0 aliphatic carbocycles. The summed E-state index contributed by atoms with van der Waals surface area (Å²) in [6.07, 6.45) is 5.42. The summed E-state index contributed by atoms with van der Waals surface area (Å²) >= 11 is 0. The second kappa shape index (κ2) is 9.74. The van der Waals surface area contributed by atoms with Crippen LogP contribution in [0.15, 0.2) is 116 Å². The Morgan fingerprint density at radius 3 is 2.14 bits per heavy atom. The molecule has 0 fully saturated rings. The highest BCUT2D eigenvalue weighted by Gasteiger charge is 2.15. The van der Waals surface area contributed by atoms with Crippen LogP contribution in [0.4, 0.5) is 0 Å². The second-order valence-corrected chi connectivity index (χ2v) is 8.70. The van der Waals surface area contributed by atoms with Gasteiger partial charge in [0, 0.05) is 35.1 Å². The summed E-state index contributed by atoms with van der Waals surface area (Å²) in [6.45, 7) is 0. The third kappa shape index (κ3) is 4.73. The van der Waals surface area contributed by atoms with Gasteiger partial charge >= 0.3 is 7.12 Å². The van der Waals surface area contributed by atoms with Gasteiger partial charge in [0.05, 0.1) is 17.1 Å². The molecule has 0 saturated carbocycles. The maximum absolute atomic E-state index is 9.71. The molecule has 0 aliphatic heterocycles. The predicted octanol–water partition coefficient (Wildman–Crippen LogP) is 4.77. The number of aromatic nitrogens is 4. The van der Waals surface area contributed by atoms with Crippen LogP contribution in [0, 0.1) is 0 Å². The lowest BCUT2D eigenvalue weighted by Crippen LogP contribution is -2.29. The molecule has 0 aliphatic rings. The van der Waals surface area contributed by atoms with E-state index in [1.54, 1.807) is 24.4 Å². The Morgan fingerprint density at radius 2 is 1.30 bits per heavy atom. The molecular weight excluding hydrogens is 459 g/mol. The van der Waals surface area contributed by atoms with Crippen molar-refractivity contribution in [3.8, 4) is 45.2 Å². The first kappa shape index (κ1) is 22.7. The van der Waals surface area contributed by atoms with Gasteiger partial charge in [-0.2, -0.15) is 0 Å². The third-order valence-corrected chi connectivity index (χ3v) is 6.22. The summed E-state index contributed by atoms with van der Waals surface area (Å²) in [5.74, 6) is 0.545. The topological polar surface area (TPSA) is 92.0 Å². The molecule has 0 bridgehead atoms. The van der Waals surface area contributed by atoms with Crippen LogP contribution in [-0.4, -0.2) is 37.1 Å². The largest absolute Gasteiger partial charge is 0.488 e. The summed E-state index contributed by atoms with van der Waals surface area (Å²) in [4.78, 5) is 18.7. The zero-order valence-corrected chi connectivity index (χ0v) is 19.7. The number of pyridine rings is 2. The van der Waals surface area contributed by atoms with E-state index in [4.69, 9.17) is 9.97 Å². The Hall–Kier alpha value is -4.72. The van der Waals surface area contributed by atoms with E-state index in [2.05, 4.69) is 9.97 Å². The highest BCUT2D eigenvalue weighted by Crippen LogP contribution is 2.30. The van der Waals surface area contributed by atoms with E-state index in [0.29, 0.717) is 22.7 Å². The molecule has 3 aromatic carbocycles. The lowest BCUT2D eigenvalue weighted by Gasteiger charge is -2.11. The summed E-state index contributed by atoms with van der Waals surface area (Å²) in [7, 11) is -1.57. The third-order valence-electron chi connectivity index (χ3n) is 6.22. The maximum Gasteiger partial charge on any atom is 0.488 e. The zero-order valence-electron chi connectivity index (χ0n) is 19.7. The Kier molecular flexibility index (Phi) is 5.98. The molecule has 3 aromatic heterocycles. The van der Waals surface area contributed by atoms with Gasteiger partial charge in [0.2, 0.25) is 0 Å². The molecule has 0 radical (unpaired) electrons. The average molecular weight is 480 g/mol. The van der Waals surface area contributed by atoms with Crippen molar-refractivity contribution in [2.45, 2.75) is 0 Å². The van der Waals surface area contributed by atoms with Gasteiger partial charge in [0.25, 0.3) is 0 Å². The molecule has 3 heterocycles. The molecule has 2 N–H and O–H groups in total. The van der Waals surface area contributed by atoms with Crippen LogP contribution in [0.2, 0.25) is 0 Å². The number of fused-ring (bicyclic) bond motifs is 1. The second-order valence-electron chi connectivity index (χ2n) is 8.70. The van der Waals surface area contributed by atoms with Crippen molar-refractivity contribution >= 4 is 23.4 Å². The standard InChI is InChI=1S/C30H21BN4O2/c36-31(37)26-12-4-9-22(15-26)27-17-29(28-16-21-6-1-2-7-25(21)19-33-28)35-30(34-27)23-10-3-8-20(14-23)24-11-5-13-32-18-24/h1-19,36-37H. The summed E-state index contributed by atoms with van der Waals surface area (Å²) in [6, 6.07) is 31.0. The molecule has 6 nitrogen and oxygen atoms in total. The maximum atomic E-state index is 9.71. The molecule has 7 heteroatoms. The molecule has 0 spiro atoms. The predicted molar refractivity (Wildman–Crippen MR) is 147 cm³/mol. The highest BCUT2D eigenvalue weighted by atomic mass is 16.4. The van der Waals surface area contributed by atoms with Crippen molar-refractivity contribution in [2.75, 3.05) is 0 Å². The lowest BCUT2D eigenvalue weighted by molar-refractivity contribution is 0.426. The number of hydrogen-bond acceptors (Lipinski definition) is 6. The van der Waals surface area contributed by atoms with Crippen molar-refractivity contribution in [3.63, 3.8) is 0 Å². The number of benzene rings is 3. The minimum atomic E-state index is -1.57. The van der Waals surface area contributed by atoms with Crippen LogP contribution >= 0.6 is 0 Å². The SMILES string of the molecule is OB(O)c1cccc(-c2cc(-c3cc4ccccc4cn3)nc(-c3cccc(-c4cccnc4)c3)n2)c1. The first-order valence-corrected chi connectivity index (χ1v) is 11.9. The van der Waals surface area contributed by atoms with E-state index in [0.717, 1.165) is 38.7 Å². The fourth-order valence-corrected chi connectivity index (χ4v) is 4.31. The van der Waals surface area contributed by atoms with Gasteiger partial charge in [0.1, 0.15) is 0 Å². The van der Waals surface area contributed by atoms with Gasteiger partial charge in [-0.25, -0.2) is 9.97 Å².